The molecule has 0 unspecified atom stereocenters. The smallest absolute Gasteiger partial charge is 0.115 e. The average Bonchev–Trinajstić information content (AvgIpc) is 2.54. The Labute approximate surface area is 95.0 Å². The molecular weight excluding hydrogens is 198 g/mol. The molecule has 3 heteroatoms. The highest BCUT2D eigenvalue weighted by Gasteiger charge is 2.26. The lowest BCUT2D eigenvalue weighted by Gasteiger charge is -2.03. The van der Waals surface area contributed by atoms with Gasteiger partial charge in [0.25, 0.3) is 0 Å². The number of hydrogen-bond acceptors (Lipinski definition) is 3. The molecule has 0 fully saturated rings. The molecule has 2 rings (SSSR count). The monoisotopic (exact) mass is 211 g/mol. The third kappa shape index (κ3) is 1.33. The summed E-state index contributed by atoms with van der Waals surface area (Å²) in [6.45, 7) is 11.5. The predicted octanol–water partition coefficient (Wildman–Crippen LogP) is 2.88. The van der Waals surface area contributed by atoms with Gasteiger partial charge < -0.3 is 0 Å². The van der Waals surface area contributed by atoms with Crippen molar-refractivity contribution in [1.29, 1.82) is 0 Å². The van der Waals surface area contributed by atoms with Crippen LogP contribution in [0.15, 0.2) is 34.5 Å². The number of nitrogens with zero attached hydrogens (tertiary/aromatic N) is 3. The first-order valence-corrected chi connectivity index (χ1v) is 5.06. The molecule has 1 aromatic rings. The summed E-state index contributed by atoms with van der Waals surface area (Å²) in [4.78, 5) is 12.6. The van der Waals surface area contributed by atoms with Crippen LogP contribution in [-0.4, -0.2) is 17.9 Å². The molecule has 0 bridgehead atoms. The number of aryl methyl sites for hydroxylation is 1. The van der Waals surface area contributed by atoms with E-state index in [9.17, 15) is 0 Å². The second-order valence-electron chi connectivity index (χ2n) is 3.57. The van der Waals surface area contributed by atoms with Gasteiger partial charge in [0, 0.05) is 23.5 Å². The zero-order valence-corrected chi connectivity index (χ0v) is 9.49. The highest BCUT2D eigenvalue weighted by Crippen LogP contribution is 2.41. The SMILES string of the molecule is C=NC1=C(N=CC)C(=C)c2c(C)ccnc21. The maximum absolute atomic E-state index is 4.33. The summed E-state index contributed by atoms with van der Waals surface area (Å²) < 4.78 is 0. The van der Waals surface area contributed by atoms with Gasteiger partial charge in [-0.25, -0.2) is 0 Å². The fraction of sp³-hybridized carbons (Fsp3) is 0.154. The standard InChI is InChI=1S/C13H13N3/c1-5-15-11-9(3)10-8(2)6-7-16-12(10)13(11)14-4/h5-7H,3-4H2,1-2H3. The Kier molecular flexibility index (Phi) is 2.52. The first-order valence-electron chi connectivity index (χ1n) is 5.06. The lowest BCUT2D eigenvalue weighted by molar-refractivity contribution is 1.22. The van der Waals surface area contributed by atoms with Gasteiger partial charge in [-0.3, -0.25) is 15.0 Å². The van der Waals surface area contributed by atoms with Crippen molar-refractivity contribution in [2.45, 2.75) is 13.8 Å². The second kappa shape index (κ2) is 3.85. The van der Waals surface area contributed by atoms with Crippen LogP contribution in [0, 0.1) is 6.92 Å². The van der Waals surface area contributed by atoms with Crippen molar-refractivity contribution in [3.63, 3.8) is 0 Å². The van der Waals surface area contributed by atoms with Crippen LogP contribution < -0.4 is 0 Å². The number of aliphatic imine (C=N–C) groups is 2. The van der Waals surface area contributed by atoms with E-state index in [4.69, 9.17) is 0 Å². The Morgan fingerprint density at radius 1 is 1.38 bits per heavy atom. The van der Waals surface area contributed by atoms with Crippen molar-refractivity contribution in [1.82, 2.24) is 4.98 Å². The summed E-state index contributed by atoms with van der Waals surface area (Å²) in [6.07, 6.45) is 3.50. The van der Waals surface area contributed by atoms with Gasteiger partial charge in [-0.15, -0.1) is 0 Å². The third-order valence-electron chi connectivity index (χ3n) is 2.61. The Morgan fingerprint density at radius 2 is 2.12 bits per heavy atom. The number of pyridine rings is 1. The summed E-state index contributed by atoms with van der Waals surface area (Å²) in [5, 5.41) is 0. The maximum Gasteiger partial charge on any atom is 0.115 e. The fourth-order valence-corrected chi connectivity index (χ4v) is 1.91. The number of hydrogen-bond donors (Lipinski definition) is 0. The minimum atomic E-state index is 0.724. The Balaban J connectivity index is 2.74. The van der Waals surface area contributed by atoms with Crippen LogP contribution in [0.5, 0.6) is 0 Å². The van der Waals surface area contributed by atoms with Gasteiger partial charge in [0.1, 0.15) is 5.70 Å². The molecule has 0 spiro atoms. The average molecular weight is 211 g/mol. The maximum atomic E-state index is 4.33. The normalized spacial score (nSPS) is 14.8. The quantitative estimate of drug-likeness (QED) is 0.693. The van der Waals surface area contributed by atoms with E-state index in [0.717, 1.165) is 33.8 Å². The summed E-state index contributed by atoms with van der Waals surface area (Å²) in [7, 11) is 0. The van der Waals surface area contributed by atoms with E-state index >= 15 is 0 Å². The Bertz CT molecular complexity index is 536. The van der Waals surface area contributed by atoms with E-state index in [-0.39, 0.29) is 0 Å². The van der Waals surface area contributed by atoms with E-state index in [1.165, 1.54) is 0 Å². The molecular formula is C13H13N3. The molecule has 0 N–H and O–H groups in total. The first-order chi connectivity index (χ1) is 7.70. The van der Waals surface area contributed by atoms with Crippen LogP contribution >= 0.6 is 0 Å². The van der Waals surface area contributed by atoms with Gasteiger partial charge in [-0.1, -0.05) is 6.58 Å². The van der Waals surface area contributed by atoms with Crippen molar-refractivity contribution in [3.8, 4) is 0 Å². The zero-order valence-electron chi connectivity index (χ0n) is 9.49. The molecule has 80 valence electrons. The van der Waals surface area contributed by atoms with Crippen molar-refractivity contribution >= 4 is 24.2 Å². The van der Waals surface area contributed by atoms with Gasteiger partial charge in [0.2, 0.25) is 0 Å². The molecule has 0 saturated heterocycles. The number of allylic oxidation sites excluding steroid dienone is 1. The Morgan fingerprint density at radius 3 is 2.75 bits per heavy atom. The minimum Gasteiger partial charge on any atom is -0.260 e. The number of rotatable bonds is 2. The molecule has 1 aliphatic rings. The van der Waals surface area contributed by atoms with E-state index < -0.39 is 0 Å². The van der Waals surface area contributed by atoms with E-state index in [1.54, 1.807) is 12.4 Å². The number of fused-ring (bicyclic) bond motifs is 1. The molecule has 0 radical (unpaired) electrons. The molecule has 1 aliphatic carbocycles. The van der Waals surface area contributed by atoms with Gasteiger partial charge in [-0.05, 0) is 32.2 Å². The first kappa shape index (κ1) is 10.5. The van der Waals surface area contributed by atoms with Crippen LogP contribution in [0.2, 0.25) is 0 Å². The molecule has 1 aromatic heterocycles. The van der Waals surface area contributed by atoms with E-state index in [0.29, 0.717) is 0 Å². The summed E-state index contributed by atoms with van der Waals surface area (Å²) >= 11 is 0. The molecule has 0 saturated carbocycles. The number of aromatic nitrogens is 1. The molecule has 0 atom stereocenters. The fourth-order valence-electron chi connectivity index (χ4n) is 1.91. The van der Waals surface area contributed by atoms with Gasteiger partial charge in [-0.2, -0.15) is 0 Å². The topological polar surface area (TPSA) is 37.6 Å². The molecule has 0 aromatic carbocycles. The van der Waals surface area contributed by atoms with Crippen molar-refractivity contribution in [2.75, 3.05) is 0 Å². The summed E-state index contributed by atoms with van der Waals surface area (Å²) in [5.74, 6) is 0. The van der Waals surface area contributed by atoms with Crippen LogP contribution in [0.1, 0.15) is 23.7 Å². The Hall–Kier alpha value is -2.03. The predicted molar refractivity (Wildman–Crippen MR) is 68.6 cm³/mol. The van der Waals surface area contributed by atoms with Crippen LogP contribution in [-0.2, 0) is 0 Å². The van der Waals surface area contributed by atoms with Crippen LogP contribution in [0.4, 0.5) is 0 Å². The van der Waals surface area contributed by atoms with E-state index in [1.807, 2.05) is 19.9 Å². The second-order valence-corrected chi connectivity index (χ2v) is 3.57. The van der Waals surface area contributed by atoms with Crippen LogP contribution in [0.3, 0.4) is 0 Å². The van der Waals surface area contributed by atoms with Crippen molar-refractivity contribution < 1.29 is 0 Å². The highest BCUT2D eigenvalue weighted by atomic mass is 14.9. The molecule has 0 aliphatic heterocycles. The van der Waals surface area contributed by atoms with E-state index in [2.05, 4.69) is 28.3 Å². The summed E-state index contributed by atoms with van der Waals surface area (Å²) in [5.41, 5.74) is 5.38. The highest BCUT2D eigenvalue weighted by molar-refractivity contribution is 5.99. The van der Waals surface area contributed by atoms with Crippen LogP contribution in [0.25, 0.3) is 11.3 Å². The van der Waals surface area contributed by atoms with Crippen molar-refractivity contribution in [3.05, 3.63) is 41.4 Å². The van der Waals surface area contributed by atoms with Gasteiger partial charge in [0.15, 0.2) is 0 Å². The van der Waals surface area contributed by atoms with Crippen molar-refractivity contribution in [2.24, 2.45) is 9.98 Å². The lowest BCUT2D eigenvalue weighted by atomic mass is 10.0. The minimum absolute atomic E-state index is 0.724. The molecule has 0 amide bonds. The van der Waals surface area contributed by atoms with Gasteiger partial charge in [0.05, 0.1) is 11.4 Å². The molecule has 16 heavy (non-hydrogen) atoms. The zero-order chi connectivity index (χ0) is 11.7. The third-order valence-corrected chi connectivity index (χ3v) is 2.61. The lowest BCUT2D eigenvalue weighted by Crippen LogP contribution is -1.90. The molecule has 3 nitrogen and oxygen atoms in total. The van der Waals surface area contributed by atoms with Gasteiger partial charge >= 0.3 is 0 Å². The summed E-state index contributed by atoms with van der Waals surface area (Å²) in [6, 6.07) is 1.96. The largest absolute Gasteiger partial charge is 0.260 e. The molecule has 1 heterocycles.